The molecule has 0 heterocycles. The van der Waals surface area contributed by atoms with Gasteiger partial charge in [0.15, 0.2) is 0 Å². The standard InChI is InChI=1S/C12H13NO2/c1-15-11(14)4-5-12(8-13)7-9-2-3-10(12)6-9/h2-5,9-10H,6-7H2,1H3/b5-4+. The predicted molar refractivity (Wildman–Crippen MR) is 54.6 cm³/mol. The molecule has 0 radical (unpaired) electrons. The number of ether oxygens (including phenoxy) is 1. The van der Waals surface area contributed by atoms with Gasteiger partial charge in [0.1, 0.15) is 0 Å². The van der Waals surface area contributed by atoms with E-state index >= 15 is 0 Å². The lowest BCUT2D eigenvalue weighted by Gasteiger charge is -2.23. The molecule has 0 aromatic rings. The Kier molecular flexibility index (Phi) is 2.36. The maximum absolute atomic E-state index is 11.0. The molecule has 3 nitrogen and oxygen atoms in total. The van der Waals surface area contributed by atoms with Gasteiger partial charge in [0.05, 0.1) is 18.6 Å². The van der Waals surface area contributed by atoms with Crippen molar-refractivity contribution in [2.24, 2.45) is 17.3 Å². The third-order valence-corrected chi connectivity index (χ3v) is 3.36. The number of carbonyl (C=O) groups is 1. The molecule has 3 unspecified atom stereocenters. The molecule has 0 saturated heterocycles. The minimum atomic E-state index is -0.479. The van der Waals surface area contributed by atoms with E-state index in [1.807, 2.05) is 0 Å². The molecule has 1 saturated carbocycles. The molecule has 2 aliphatic rings. The molecule has 0 spiro atoms. The number of esters is 1. The van der Waals surface area contributed by atoms with E-state index in [9.17, 15) is 10.1 Å². The lowest BCUT2D eigenvalue weighted by atomic mass is 9.77. The van der Waals surface area contributed by atoms with Gasteiger partial charge in [-0.05, 0) is 24.7 Å². The summed E-state index contributed by atoms with van der Waals surface area (Å²) in [6, 6.07) is 2.34. The Morgan fingerprint density at radius 3 is 2.93 bits per heavy atom. The van der Waals surface area contributed by atoms with Crippen LogP contribution in [0.2, 0.25) is 0 Å². The van der Waals surface area contributed by atoms with Crippen LogP contribution in [0.5, 0.6) is 0 Å². The van der Waals surface area contributed by atoms with Crippen LogP contribution in [0.1, 0.15) is 12.8 Å². The first kappa shape index (κ1) is 9.97. The van der Waals surface area contributed by atoms with Crippen molar-refractivity contribution in [3.05, 3.63) is 24.3 Å². The summed E-state index contributed by atoms with van der Waals surface area (Å²) in [5.41, 5.74) is -0.479. The van der Waals surface area contributed by atoms with Gasteiger partial charge in [-0.25, -0.2) is 4.79 Å². The van der Waals surface area contributed by atoms with Crippen molar-refractivity contribution >= 4 is 5.97 Å². The molecular weight excluding hydrogens is 190 g/mol. The van der Waals surface area contributed by atoms with Crippen LogP contribution >= 0.6 is 0 Å². The van der Waals surface area contributed by atoms with Crippen molar-refractivity contribution < 1.29 is 9.53 Å². The second kappa shape index (κ2) is 3.54. The predicted octanol–water partition coefficient (Wildman–Crippen LogP) is 1.82. The van der Waals surface area contributed by atoms with Gasteiger partial charge in [-0.15, -0.1) is 0 Å². The molecule has 2 aliphatic carbocycles. The van der Waals surface area contributed by atoms with Gasteiger partial charge < -0.3 is 4.74 Å². The van der Waals surface area contributed by atoms with Crippen LogP contribution in [0.3, 0.4) is 0 Å². The van der Waals surface area contributed by atoms with Crippen LogP contribution in [0.4, 0.5) is 0 Å². The van der Waals surface area contributed by atoms with E-state index in [-0.39, 0.29) is 5.92 Å². The number of methoxy groups -OCH3 is 1. The Morgan fingerprint density at radius 2 is 2.47 bits per heavy atom. The maximum atomic E-state index is 11.0. The van der Waals surface area contributed by atoms with Crippen LogP contribution < -0.4 is 0 Å². The second-order valence-corrected chi connectivity index (χ2v) is 4.20. The number of rotatable bonds is 2. The Labute approximate surface area is 89.0 Å². The van der Waals surface area contributed by atoms with E-state index in [2.05, 4.69) is 23.0 Å². The van der Waals surface area contributed by atoms with E-state index < -0.39 is 11.4 Å². The van der Waals surface area contributed by atoms with E-state index in [1.54, 1.807) is 6.08 Å². The number of hydrogen-bond donors (Lipinski definition) is 0. The molecule has 1 fully saturated rings. The maximum Gasteiger partial charge on any atom is 0.330 e. The fraction of sp³-hybridized carbons (Fsp3) is 0.500. The Balaban J connectivity index is 2.18. The summed E-state index contributed by atoms with van der Waals surface area (Å²) in [6.07, 6.45) is 9.23. The summed E-state index contributed by atoms with van der Waals surface area (Å²) < 4.78 is 4.53. The highest BCUT2D eigenvalue weighted by Gasteiger charge is 2.47. The average Bonchev–Trinajstić information content (AvgIpc) is 2.86. The molecule has 0 aliphatic heterocycles. The summed E-state index contributed by atoms with van der Waals surface area (Å²) in [4.78, 5) is 11.0. The Bertz CT molecular complexity index is 378. The summed E-state index contributed by atoms with van der Waals surface area (Å²) in [5.74, 6) is 0.390. The number of nitriles is 1. The molecule has 0 aromatic carbocycles. The molecule has 0 N–H and O–H groups in total. The first-order valence-corrected chi connectivity index (χ1v) is 5.07. The first-order valence-electron chi connectivity index (χ1n) is 5.07. The van der Waals surface area contributed by atoms with Gasteiger partial charge in [0.25, 0.3) is 0 Å². The Morgan fingerprint density at radius 1 is 1.67 bits per heavy atom. The normalized spacial score (nSPS) is 37.1. The molecule has 15 heavy (non-hydrogen) atoms. The van der Waals surface area contributed by atoms with E-state index in [0.717, 1.165) is 12.8 Å². The summed E-state index contributed by atoms with van der Waals surface area (Å²) in [7, 11) is 1.34. The topological polar surface area (TPSA) is 50.1 Å². The molecule has 2 bridgehead atoms. The van der Waals surface area contributed by atoms with Crippen LogP contribution in [0, 0.1) is 28.6 Å². The molecular formula is C12H13NO2. The van der Waals surface area contributed by atoms with Crippen molar-refractivity contribution in [3.63, 3.8) is 0 Å². The van der Waals surface area contributed by atoms with E-state index in [4.69, 9.17) is 0 Å². The van der Waals surface area contributed by atoms with Crippen molar-refractivity contribution in [2.75, 3.05) is 7.11 Å². The summed E-state index contributed by atoms with van der Waals surface area (Å²) >= 11 is 0. The van der Waals surface area contributed by atoms with Crippen molar-refractivity contribution in [1.82, 2.24) is 0 Å². The molecule has 3 atom stereocenters. The van der Waals surface area contributed by atoms with Crippen molar-refractivity contribution in [3.8, 4) is 6.07 Å². The first-order chi connectivity index (χ1) is 7.20. The summed E-state index contributed by atoms with van der Waals surface area (Å²) in [5, 5.41) is 9.24. The zero-order chi connectivity index (χ0) is 10.9. The minimum Gasteiger partial charge on any atom is -0.466 e. The van der Waals surface area contributed by atoms with Gasteiger partial charge in [-0.1, -0.05) is 18.2 Å². The van der Waals surface area contributed by atoms with E-state index in [1.165, 1.54) is 13.2 Å². The number of hydrogen-bond acceptors (Lipinski definition) is 3. The largest absolute Gasteiger partial charge is 0.466 e. The zero-order valence-corrected chi connectivity index (χ0v) is 8.64. The average molecular weight is 203 g/mol. The highest BCUT2D eigenvalue weighted by atomic mass is 16.5. The molecule has 78 valence electrons. The third-order valence-electron chi connectivity index (χ3n) is 3.36. The highest BCUT2D eigenvalue weighted by molar-refractivity contribution is 5.82. The number of fused-ring (bicyclic) bond motifs is 2. The number of allylic oxidation sites excluding steroid dienone is 3. The van der Waals surface area contributed by atoms with Crippen LogP contribution in [-0.2, 0) is 9.53 Å². The van der Waals surface area contributed by atoms with Gasteiger partial charge in [-0.2, -0.15) is 5.26 Å². The number of carbonyl (C=O) groups excluding carboxylic acids is 1. The van der Waals surface area contributed by atoms with Crippen LogP contribution in [-0.4, -0.2) is 13.1 Å². The lowest BCUT2D eigenvalue weighted by molar-refractivity contribution is -0.134. The highest BCUT2D eigenvalue weighted by Crippen LogP contribution is 2.52. The second-order valence-electron chi connectivity index (χ2n) is 4.20. The van der Waals surface area contributed by atoms with Gasteiger partial charge in [0.2, 0.25) is 0 Å². The van der Waals surface area contributed by atoms with Gasteiger partial charge >= 0.3 is 5.97 Å². The van der Waals surface area contributed by atoms with Gasteiger partial charge in [-0.3, -0.25) is 0 Å². The minimum absolute atomic E-state index is 0.272. The molecule has 3 heteroatoms. The molecule has 2 rings (SSSR count). The fourth-order valence-corrected chi connectivity index (χ4v) is 2.54. The van der Waals surface area contributed by atoms with Crippen LogP contribution in [0.15, 0.2) is 24.3 Å². The molecule has 0 amide bonds. The lowest BCUT2D eigenvalue weighted by Crippen LogP contribution is -2.21. The van der Waals surface area contributed by atoms with Crippen LogP contribution in [0.25, 0.3) is 0 Å². The zero-order valence-electron chi connectivity index (χ0n) is 8.64. The van der Waals surface area contributed by atoms with Gasteiger partial charge in [0, 0.05) is 6.08 Å². The monoisotopic (exact) mass is 203 g/mol. The SMILES string of the molecule is COC(=O)/C=C/C1(C#N)CC2C=CC1C2. The van der Waals surface area contributed by atoms with Crippen molar-refractivity contribution in [1.29, 1.82) is 5.26 Å². The van der Waals surface area contributed by atoms with Crippen molar-refractivity contribution in [2.45, 2.75) is 12.8 Å². The smallest absolute Gasteiger partial charge is 0.330 e. The summed E-state index contributed by atoms with van der Waals surface area (Å²) in [6.45, 7) is 0. The Hall–Kier alpha value is -1.56. The number of nitrogens with zero attached hydrogens (tertiary/aromatic N) is 1. The molecule has 0 aromatic heterocycles. The quantitative estimate of drug-likeness (QED) is 0.391. The third kappa shape index (κ3) is 1.56. The fourth-order valence-electron chi connectivity index (χ4n) is 2.54. The van der Waals surface area contributed by atoms with E-state index in [0.29, 0.717) is 5.92 Å².